The Morgan fingerprint density at radius 1 is 1.45 bits per heavy atom. The highest BCUT2D eigenvalue weighted by Crippen LogP contribution is 2.34. The summed E-state index contributed by atoms with van der Waals surface area (Å²) in [5, 5.41) is 3.29. The van der Waals surface area contributed by atoms with Crippen molar-refractivity contribution in [3.8, 4) is 5.88 Å². The SMILES string of the molecule is CCOc1ncc(C(=O)NCC2Cc3ccccc32)cc1Cl. The fourth-order valence-electron chi connectivity index (χ4n) is 2.66. The van der Waals surface area contributed by atoms with Crippen molar-refractivity contribution in [1.29, 1.82) is 0 Å². The van der Waals surface area contributed by atoms with Crippen LogP contribution in [0, 0.1) is 0 Å². The Morgan fingerprint density at radius 2 is 2.27 bits per heavy atom. The van der Waals surface area contributed by atoms with Gasteiger partial charge in [-0.1, -0.05) is 35.9 Å². The number of amides is 1. The van der Waals surface area contributed by atoms with E-state index in [0.717, 1.165) is 6.42 Å². The lowest BCUT2D eigenvalue weighted by atomic mass is 9.77. The van der Waals surface area contributed by atoms with Crippen molar-refractivity contribution >= 4 is 17.5 Å². The minimum absolute atomic E-state index is 0.165. The van der Waals surface area contributed by atoms with Crippen LogP contribution < -0.4 is 10.1 Å². The first-order chi connectivity index (χ1) is 10.7. The molecule has 1 aliphatic carbocycles. The van der Waals surface area contributed by atoms with E-state index in [1.807, 2.05) is 19.1 Å². The molecule has 0 aliphatic heterocycles. The van der Waals surface area contributed by atoms with Gasteiger partial charge in [0.2, 0.25) is 5.88 Å². The summed E-state index contributed by atoms with van der Waals surface area (Å²) < 4.78 is 5.26. The molecular formula is C17H17ClN2O2. The predicted molar refractivity (Wildman–Crippen MR) is 85.6 cm³/mol. The number of hydrogen-bond donors (Lipinski definition) is 1. The minimum atomic E-state index is -0.165. The van der Waals surface area contributed by atoms with Crippen molar-refractivity contribution in [1.82, 2.24) is 10.3 Å². The van der Waals surface area contributed by atoms with Gasteiger partial charge in [-0.2, -0.15) is 0 Å². The highest BCUT2D eigenvalue weighted by Gasteiger charge is 2.25. The van der Waals surface area contributed by atoms with Gasteiger partial charge in [-0.3, -0.25) is 4.79 Å². The number of nitrogens with one attached hydrogen (secondary N) is 1. The lowest BCUT2D eigenvalue weighted by Crippen LogP contribution is -2.33. The molecule has 0 saturated heterocycles. The topological polar surface area (TPSA) is 51.2 Å². The van der Waals surface area contributed by atoms with E-state index in [2.05, 4.69) is 22.4 Å². The first kappa shape index (κ1) is 14.9. The fourth-order valence-corrected chi connectivity index (χ4v) is 2.88. The zero-order chi connectivity index (χ0) is 15.5. The number of carbonyl (C=O) groups excluding carboxylic acids is 1. The number of aromatic nitrogens is 1. The standard InChI is InChI=1S/C17H17ClN2O2/c1-2-22-17-15(18)8-13(10-20-17)16(21)19-9-12-7-11-5-3-4-6-14(11)12/h3-6,8,10,12H,2,7,9H2,1H3,(H,19,21). The molecular weight excluding hydrogens is 300 g/mol. The Morgan fingerprint density at radius 3 is 3.00 bits per heavy atom. The van der Waals surface area contributed by atoms with Gasteiger partial charge in [0.15, 0.2) is 0 Å². The molecule has 114 valence electrons. The van der Waals surface area contributed by atoms with Crippen LogP contribution >= 0.6 is 11.6 Å². The highest BCUT2D eigenvalue weighted by atomic mass is 35.5. The van der Waals surface area contributed by atoms with Crippen molar-refractivity contribution in [3.05, 3.63) is 58.2 Å². The van der Waals surface area contributed by atoms with Gasteiger partial charge in [0.25, 0.3) is 5.91 Å². The first-order valence-electron chi connectivity index (χ1n) is 7.33. The van der Waals surface area contributed by atoms with E-state index in [0.29, 0.717) is 35.5 Å². The quantitative estimate of drug-likeness (QED) is 0.921. The third-order valence-electron chi connectivity index (χ3n) is 3.82. The number of halogens is 1. The molecule has 1 atom stereocenters. The van der Waals surface area contributed by atoms with E-state index < -0.39 is 0 Å². The third kappa shape index (κ3) is 2.92. The van der Waals surface area contributed by atoms with Crippen molar-refractivity contribution in [2.45, 2.75) is 19.3 Å². The van der Waals surface area contributed by atoms with Crippen LogP contribution in [0.3, 0.4) is 0 Å². The molecule has 4 nitrogen and oxygen atoms in total. The van der Waals surface area contributed by atoms with E-state index in [-0.39, 0.29) is 5.91 Å². The number of carbonyl (C=O) groups is 1. The molecule has 0 fully saturated rings. The predicted octanol–water partition coefficient (Wildman–Crippen LogP) is 3.20. The van der Waals surface area contributed by atoms with Crippen LogP contribution in [0.5, 0.6) is 5.88 Å². The molecule has 1 aromatic carbocycles. The van der Waals surface area contributed by atoms with Gasteiger partial charge in [0.1, 0.15) is 5.02 Å². The molecule has 0 saturated carbocycles. The maximum atomic E-state index is 12.2. The average molecular weight is 317 g/mol. The Hall–Kier alpha value is -2.07. The van der Waals surface area contributed by atoms with Crippen molar-refractivity contribution < 1.29 is 9.53 Å². The van der Waals surface area contributed by atoms with Gasteiger partial charge < -0.3 is 10.1 Å². The minimum Gasteiger partial charge on any atom is -0.477 e. The molecule has 1 aliphatic rings. The smallest absolute Gasteiger partial charge is 0.252 e. The van der Waals surface area contributed by atoms with E-state index in [9.17, 15) is 4.79 Å². The number of benzene rings is 1. The number of nitrogens with zero attached hydrogens (tertiary/aromatic N) is 1. The summed E-state index contributed by atoms with van der Waals surface area (Å²) in [6.07, 6.45) is 2.50. The summed E-state index contributed by atoms with van der Waals surface area (Å²) >= 11 is 6.05. The zero-order valence-corrected chi connectivity index (χ0v) is 13.1. The van der Waals surface area contributed by atoms with E-state index in [1.54, 1.807) is 6.07 Å². The molecule has 1 unspecified atom stereocenters. The number of pyridine rings is 1. The second-order valence-electron chi connectivity index (χ2n) is 5.25. The molecule has 22 heavy (non-hydrogen) atoms. The Bertz CT molecular complexity index is 703. The summed E-state index contributed by atoms with van der Waals surface area (Å²) in [5.41, 5.74) is 3.14. The number of rotatable bonds is 5. The Labute approximate surface area is 134 Å². The van der Waals surface area contributed by atoms with Crippen LogP contribution in [0.15, 0.2) is 36.5 Å². The summed E-state index contributed by atoms with van der Waals surface area (Å²) in [6.45, 7) is 2.97. The third-order valence-corrected chi connectivity index (χ3v) is 4.09. The van der Waals surface area contributed by atoms with Crippen molar-refractivity contribution in [3.63, 3.8) is 0 Å². The lowest BCUT2D eigenvalue weighted by Gasteiger charge is -2.30. The molecule has 3 rings (SSSR count). The molecule has 0 bridgehead atoms. The van der Waals surface area contributed by atoms with E-state index >= 15 is 0 Å². The molecule has 5 heteroatoms. The second-order valence-corrected chi connectivity index (χ2v) is 5.66. The Kier molecular flexibility index (Phi) is 4.29. The van der Waals surface area contributed by atoms with Gasteiger partial charge in [0, 0.05) is 18.7 Å². The second kappa shape index (κ2) is 6.36. The van der Waals surface area contributed by atoms with Crippen LogP contribution in [0.2, 0.25) is 5.02 Å². The number of fused-ring (bicyclic) bond motifs is 1. The molecule has 1 amide bonds. The van der Waals surface area contributed by atoms with Gasteiger partial charge in [0.05, 0.1) is 12.2 Å². The van der Waals surface area contributed by atoms with E-state index in [4.69, 9.17) is 16.3 Å². The molecule has 1 heterocycles. The molecule has 0 spiro atoms. The van der Waals surface area contributed by atoms with Crippen LogP contribution in [0.4, 0.5) is 0 Å². The van der Waals surface area contributed by atoms with Crippen molar-refractivity contribution in [2.75, 3.05) is 13.2 Å². The Balaban J connectivity index is 1.60. The molecule has 2 aromatic rings. The van der Waals surface area contributed by atoms with E-state index in [1.165, 1.54) is 17.3 Å². The summed E-state index contributed by atoms with van der Waals surface area (Å²) in [4.78, 5) is 16.2. The average Bonchev–Trinajstić information content (AvgIpc) is 2.50. The fraction of sp³-hybridized carbons (Fsp3) is 0.294. The van der Waals surface area contributed by atoms with Gasteiger partial charge in [-0.15, -0.1) is 0 Å². The summed E-state index contributed by atoms with van der Waals surface area (Å²) in [7, 11) is 0. The largest absolute Gasteiger partial charge is 0.477 e. The normalized spacial score (nSPS) is 15.6. The van der Waals surface area contributed by atoms with Gasteiger partial charge in [-0.25, -0.2) is 4.98 Å². The number of hydrogen-bond acceptors (Lipinski definition) is 3. The molecule has 0 radical (unpaired) electrons. The lowest BCUT2D eigenvalue weighted by molar-refractivity contribution is 0.0949. The monoisotopic (exact) mass is 316 g/mol. The van der Waals surface area contributed by atoms with Gasteiger partial charge in [-0.05, 0) is 30.5 Å². The van der Waals surface area contributed by atoms with Crippen LogP contribution in [0.1, 0.15) is 34.3 Å². The molecule has 1 aromatic heterocycles. The maximum Gasteiger partial charge on any atom is 0.252 e. The maximum absolute atomic E-state index is 12.2. The van der Waals surface area contributed by atoms with Gasteiger partial charge >= 0.3 is 0 Å². The number of ether oxygens (including phenoxy) is 1. The zero-order valence-electron chi connectivity index (χ0n) is 12.3. The van der Waals surface area contributed by atoms with Crippen LogP contribution in [-0.2, 0) is 6.42 Å². The van der Waals surface area contributed by atoms with Crippen LogP contribution in [0.25, 0.3) is 0 Å². The summed E-state index contributed by atoms with van der Waals surface area (Å²) in [5.74, 6) is 0.585. The molecule has 1 N–H and O–H groups in total. The summed E-state index contributed by atoms with van der Waals surface area (Å²) in [6, 6.07) is 9.91. The first-order valence-corrected chi connectivity index (χ1v) is 7.71. The van der Waals surface area contributed by atoms with Crippen molar-refractivity contribution in [2.24, 2.45) is 0 Å². The van der Waals surface area contributed by atoms with Crippen LogP contribution in [-0.4, -0.2) is 24.0 Å². The highest BCUT2D eigenvalue weighted by molar-refractivity contribution is 6.32.